The molecule has 2 unspecified atom stereocenters. The summed E-state index contributed by atoms with van der Waals surface area (Å²) in [5.74, 6) is -1.39. The van der Waals surface area contributed by atoms with E-state index < -0.39 is 24.5 Å². The molecular weight excluding hydrogens is 591 g/mol. The molecule has 0 aromatic heterocycles. The fourth-order valence-corrected chi connectivity index (χ4v) is 4.93. The smallest absolute Gasteiger partial charge is 0.497 e. The van der Waals surface area contributed by atoms with Gasteiger partial charge in [0, 0.05) is 41.0 Å². The highest BCUT2D eigenvalue weighted by molar-refractivity contribution is 6.30. The van der Waals surface area contributed by atoms with E-state index in [-0.39, 0.29) is 17.1 Å². The zero-order chi connectivity index (χ0) is 31.5. The van der Waals surface area contributed by atoms with Crippen molar-refractivity contribution in [1.82, 2.24) is 0 Å². The minimum Gasteiger partial charge on any atom is -0.497 e. The third kappa shape index (κ3) is 7.57. The second-order valence-electron chi connectivity index (χ2n) is 10.2. The Bertz CT molecular complexity index is 1510. The van der Waals surface area contributed by atoms with E-state index in [2.05, 4.69) is 10.1 Å². The van der Waals surface area contributed by atoms with Crippen molar-refractivity contribution in [3.05, 3.63) is 82.4 Å². The highest BCUT2D eigenvalue weighted by Crippen LogP contribution is 2.57. The Morgan fingerprint density at radius 3 is 2.28 bits per heavy atom. The Kier molecular flexibility index (Phi) is 9.21. The van der Waals surface area contributed by atoms with Crippen molar-refractivity contribution >= 4 is 41.1 Å². The average molecular weight is 620 g/mol. The molecule has 1 aliphatic heterocycles. The van der Waals surface area contributed by atoms with E-state index in [4.69, 9.17) is 32.0 Å². The number of ether oxygens (including phenoxy) is 2. The predicted molar refractivity (Wildman–Crippen MR) is 154 cm³/mol. The number of carbonyl (C=O) groups is 2. The van der Waals surface area contributed by atoms with Gasteiger partial charge in [-0.2, -0.15) is 0 Å². The van der Waals surface area contributed by atoms with Crippen LogP contribution in [-0.4, -0.2) is 54.4 Å². The quantitative estimate of drug-likeness (QED) is 0.230. The fourth-order valence-electron chi connectivity index (χ4n) is 4.80. The molecule has 3 aromatic rings. The number of hydrogen-bond donors (Lipinski definition) is 4. The third-order valence-corrected chi connectivity index (χ3v) is 7.35. The van der Waals surface area contributed by atoms with E-state index in [1.165, 1.54) is 37.3 Å². The number of fused-ring (bicyclic) bond motifs is 2. The molecule has 3 aromatic carbocycles. The van der Waals surface area contributed by atoms with Gasteiger partial charge in [0.1, 0.15) is 23.6 Å². The molecule has 13 heteroatoms. The van der Waals surface area contributed by atoms with Gasteiger partial charge in [-0.1, -0.05) is 29.8 Å². The van der Waals surface area contributed by atoms with Gasteiger partial charge in [0.25, 0.3) is 5.91 Å². The minimum absolute atomic E-state index is 0.254. The summed E-state index contributed by atoms with van der Waals surface area (Å²) in [7, 11) is 1.51. The second-order valence-corrected chi connectivity index (χ2v) is 10.7. The van der Waals surface area contributed by atoms with Gasteiger partial charge < -0.3 is 35.3 Å². The Balaban J connectivity index is 0.000000641. The van der Waals surface area contributed by atoms with Crippen LogP contribution in [0.15, 0.2) is 60.7 Å². The van der Waals surface area contributed by atoms with Gasteiger partial charge in [-0.15, -0.1) is 13.2 Å². The largest absolute Gasteiger partial charge is 0.573 e. The summed E-state index contributed by atoms with van der Waals surface area (Å²) in [5.41, 5.74) is 2.74. The highest BCUT2D eigenvalue weighted by Gasteiger charge is 2.54. The van der Waals surface area contributed by atoms with E-state index in [0.717, 1.165) is 18.4 Å². The van der Waals surface area contributed by atoms with E-state index in [0.29, 0.717) is 39.8 Å². The lowest BCUT2D eigenvalue weighted by Crippen LogP contribution is -2.38. The molecule has 228 valence electrons. The van der Waals surface area contributed by atoms with Crippen LogP contribution in [0.5, 0.6) is 11.5 Å². The first kappa shape index (κ1) is 31.6. The molecule has 2 aliphatic rings. The van der Waals surface area contributed by atoms with Crippen molar-refractivity contribution in [2.75, 3.05) is 23.9 Å². The van der Waals surface area contributed by atoms with E-state index >= 15 is 0 Å². The number of carboxylic acids is 1. The van der Waals surface area contributed by atoms with Crippen molar-refractivity contribution in [1.29, 1.82) is 5.41 Å². The van der Waals surface area contributed by atoms with Crippen LogP contribution in [0, 0.1) is 5.41 Å². The molecule has 5 rings (SSSR count). The van der Waals surface area contributed by atoms with Gasteiger partial charge in [0.2, 0.25) is 0 Å². The Morgan fingerprint density at radius 2 is 1.74 bits per heavy atom. The summed E-state index contributed by atoms with van der Waals surface area (Å²) in [4.78, 5) is 25.1. The molecule has 2 atom stereocenters. The van der Waals surface area contributed by atoms with Crippen LogP contribution in [0.1, 0.15) is 42.5 Å². The minimum atomic E-state index is -4.84. The van der Waals surface area contributed by atoms with Crippen LogP contribution in [0.4, 0.5) is 24.5 Å². The van der Waals surface area contributed by atoms with Gasteiger partial charge in [0.05, 0.1) is 12.8 Å². The lowest BCUT2D eigenvalue weighted by atomic mass is 9.99. The predicted octanol–water partition coefficient (Wildman–Crippen LogP) is 5.93. The van der Waals surface area contributed by atoms with Crippen LogP contribution < -0.4 is 19.7 Å². The number of aliphatic hydroxyl groups is 1. The maximum Gasteiger partial charge on any atom is 0.573 e. The first-order valence-corrected chi connectivity index (χ1v) is 13.5. The maximum atomic E-state index is 14.1. The van der Waals surface area contributed by atoms with Crippen molar-refractivity contribution in [2.45, 2.75) is 43.7 Å². The molecule has 1 aliphatic carbocycles. The van der Waals surface area contributed by atoms with Crippen molar-refractivity contribution in [3.63, 3.8) is 0 Å². The third-order valence-electron chi connectivity index (χ3n) is 7.10. The number of nitrogens with zero attached hydrogens (tertiary/aromatic N) is 1. The number of carboxylic acid groups (broad SMARTS) is 1. The number of rotatable bonds is 8. The number of anilines is 2. The number of amides is 1. The monoisotopic (exact) mass is 619 g/mol. The molecule has 1 saturated carbocycles. The number of carbonyl (C=O) groups excluding carboxylic acids is 1. The molecule has 1 heterocycles. The van der Waals surface area contributed by atoms with E-state index in [1.54, 1.807) is 48.5 Å². The average Bonchev–Trinajstić information content (AvgIpc) is 3.67. The summed E-state index contributed by atoms with van der Waals surface area (Å²) >= 11 is 6.08. The van der Waals surface area contributed by atoms with Crippen LogP contribution in [0.3, 0.4) is 0 Å². The highest BCUT2D eigenvalue weighted by atomic mass is 35.5. The molecule has 4 N–H and O–H groups in total. The van der Waals surface area contributed by atoms with Crippen molar-refractivity contribution in [2.24, 2.45) is 0 Å². The van der Waals surface area contributed by atoms with Gasteiger partial charge in [0.15, 0.2) is 0 Å². The van der Waals surface area contributed by atoms with Gasteiger partial charge in [-0.25, -0.2) is 4.79 Å². The number of aliphatic carboxylic acids is 1. The summed E-state index contributed by atoms with van der Waals surface area (Å²) in [6.45, 7) is 1.56. The molecule has 0 radical (unpaired) electrons. The molecule has 0 saturated heterocycles. The lowest BCUT2D eigenvalue weighted by molar-refractivity contribution is -0.274. The van der Waals surface area contributed by atoms with Gasteiger partial charge >= 0.3 is 12.3 Å². The first-order chi connectivity index (χ1) is 20.2. The Labute approximate surface area is 250 Å². The summed E-state index contributed by atoms with van der Waals surface area (Å²) in [6, 6.07) is 15.2. The number of benzene rings is 3. The van der Waals surface area contributed by atoms with Crippen LogP contribution in [-0.2, 0) is 15.0 Å². The lowest BCUT2D eigenvalue weighted by Gasteiger charge is -2.27. The number of halogens is 4. The summed E-state index contributed by atoms with van der Waals surface area (Å²) in [5, 5.41) is 27.1. The van der Waals surface area contributed by atoms with Crippen molar-refractivity contribution in [3.8, 4) is 11.5 Å². The SMILES string of the molecule is CC(O)C(=O)O.COc1cc(C=N)cc(NC(C(=O)N2CC3(CC3)c3ccc(OC(F)(F)F)cc32)c2ccc(Cl)cc2)c1. The standard InChI is InChI=1S/C27H23ClF3N3O3.C3H6O3/c1-36-21-11-16(14-32)10-19(12-21)33-24(17-2-4-18(28)5-3-17)25(35)34-15-26(8-9-26)22-7-6-20(13-23(22)34)37-27(29,30)31;1-2(4)3(5)6/h2-7,10-14,24,32-33H,8-9,15H2,1H3;2,4H,1H3,(H,5,6). The number of hydrogen-bond acceptors (Lipinski definition) is 7. The Morgan fingerprint density at radius 1 is 1.09 bits per heavy atom. The van der Waals surface area contributed by atoms with Gasteiger partial charge in [-0.3, -0.25) is 4.79 Å². The molecule has 0 bridgehead atoms. The first-order valence-electron chi connectivity index (χ1n) is 13.1. The van der Waals surface area contributed by atoms with Crippen LogP contribution >= 0.6 is 11.6 Å². The van der Waals surface area contributed by atoms with E-state index in [9.17, 15) is 22.8 Å². The van der Waals surface area contributed by atoms with Crippen LogP contribution in [0.25, 0.3) is 0 Å². The number of methoxy groups -OCH3 is 1. The maximum absolute atomic E-state index is 14.1. The normalized spacial score (nSPS) is 15.8. The number of nitrogens with one attached hydrogen (secondary N) is 2. The van der Waals surface area contributed by atoms with Crippen LogP contribution in [0.2, 0.25) is 5.02 Å². The molecule has 1 spiro atoms. The zero-order valence-corrected chi connectivity index (χ0v) is 23.9. The van der Waals surface area contributed by atoms with E-state index in [1.807, 2.05) is 0 Å². The van der Waals surface area contributed by atoms with Crippen molar-refractivity contribution < 1.29 is 42.4 Å². The fraction of sp³-hybridized carbons (Fsp3) is 0.300. The second kappa shape index (κ2) is 12.5. The number of aliphatic hydroxyl groups excluding tert-OH is 1. The van der Waals surface area contributed by atoms with Gasteiger partial charge in [-0.05, 0) is 66.8 Å². The molecule has 1 amide bonds. The zero-order valence-electron chi connectivity index (χ0n) is 23.1. The molecule has 43 heavy (non-hydrogen) atoms. The Hall–Kier alpha value is -4.29. The number of alkyl halides is 3. The topological polar surface area (TPSA) is 132 Å². The molecule has 1 fully saturated rings. The summed E-state index contributed by atoms with van der Waals surface area (Å²) < 4.78 is 48.2. The molecular formula is C30H29ClF3N3O6. The molecule has 9 nitrogen and oxygen atoms in total. The summed E-state index contributed by atoms with van der Waals surface area (Å²) in [6.07, 6.45) is -3.21.